The number of carbonyl (C=O) groups excluding carboxylic acids is 2. The highest BCUT2D eigenvalue weighted by atomic mass is 16.5. The van der Waals surface area contributed by atoms with Gasteiger partial charge in [-0.1, -0.05) is 43.7 Å². The van der Waals surface area contributed by atoms with Crippen molar-refractivity contribution < 1.29 is 18.7 Å². The maximum absolute atomic E-state index is 12.8. The molecule has 1 heterocycles. The Hall–Kier alpha value is -3.80. The SMILES string of the molecule is CCCCOc1ccc(C(=O)N/C(=C/c2ccco2)C(=O)NCc2ccccc2)cc1. The van der Waals surface area contributed by atoms with Gasteiger partial charge in [-0.25, -0.2) is 0 Å². The monoisotopic (exact) mass is 418 g/mol. The van der Waals surface area contributed by atoms with Gasteiger partial charge in [-0.3, -0.25) is 9.59 Å². The molecule has 2 aromatic carbocycles. The molecule has 6 heteroatoms. The Morgan fingerprint density at radius 1 is 1.00 bits per heavy atom. The average Bonchev–Trinajstić information content (AvgIpc) is 3.31. The van der Waals surface area contributed by atoms with Crippen LogP contribution in [0.15, 0.2) is 83.1 Å². The molecule has 1 aromatic heterocycles. The van der Waals surface area contributed by atoms with Gasteiger partial charge in [0.15, 0.2) is 0 Å². The fourth-order valence-corrected chi connectivity index (χ4v) is 2.78. The average molecular weight is 418 g/mol. The topological polar surface area (TPSA) is 80.6 Å². The number of hydrogen-bond donors (Lipinski definition) is 2. The minimum Gasteiger partial charge on any atom is -0.494 e. The molecule has 31 heavy (non-hydrogen) atoms. The minimum atomic E-state index is -0.409. The normalized spacial score (nSPS) is 11.1. The Morgan fingerprint density at radius 3 is 2.45 bits per heavy atom. The van der Waals surface area contributed by atoms with Gasteiger partial charge in [-0.15, -0.1) is 0 Å². The van der Waals surface area contributed by atoms with Crippen molar-refractivity contribution in [3.05, 3.63) is 95.6 Å². The Morgan fingerprint density at radius 2 is 1.77 bits per heavy atom. The van der Waals surface area contributed by atoms with Gasteiger partial charge in [0.2, 0.25) is 0 Å². The smallest absolute Gasteiger partial charge is 0.268 e. The first kappa shape index (κ1) is 21.9. The Balaban J connectivity index is 1.68. The molecule has 0 aliphatic rings. The van der Waals surface area contributed by atoms with E-state index in [1.807, 2.05) is 30.3 Å². The molecular formula is C25H26N2O4. The van der Waals surface area contributed by atoms with E-state index in [4.69, 9.17) is 9.15 Å². The first-order valence-corrected chi connectivity index (χ1v) is 10.3. The molecule has 0 aliphatic carbocycles. The number of carbonyl (C=O) groups is 2. The first-order valence-electron chi connectivity index (χ1n) is 10.3. The maximum atomic E-state index is 12.8. The third-order valence-corrected chi connectivity index (χ3v) is 4.50. The van der Waals surface area contributed by atoms with Gasteiger partial charge in [0, 0.05) is 18.2 Å². The van der Waals surface area contributed by atoms with Gasteiger partial charge in [-0.2, -0.15) is 0 Å². The van der Waals surface area contributed by atoms with Crippen LogP contribution < -0.4 is 15.4 Å². The zero-order valence-electron chi connectivity index (χ0n) is 17.5. The molecule has 0 atom stereocenters. The standard InChI is InChI=1S/C25H26N2O4/c1-2-3-15-30-21-13-11-20(12-14-21)24(28)27-23(17-22-10-7-16-31-22)25(29)26-18-19-8-5-4-6-9-19/h4-14,16-17H,2-3,15,18H2,1H3,(H,26,29)(H,27,28)/b23-17+. The van der Waals surface area contributed by atoms with Gasteiger partial charge in [-0.05, 0) is 48.4 Å². The molecular weight excluding hydrogens is 392 g/mol. The minimum absolute atomic E-state index is 0.0964. The fraction of sp³-hybridized carbons (Fsp3) is 0.200. The van der Waals surface area contributed by atoms with Gasteiger partial charge in [0.1, 0.15) is 17.2 Å². The van der Waals surface area contributed by atoms with Gasteiger partial charge in [0.25, 0.3) is 11.8 Å². The predicted octanol–water partition coefficient (Wildman–Crippen LogP) is 4.55. The lowest BCUT2D eigenvalue weighted by atomic mass is 10.2. The van der Waals surface area contributed by atoms with E-state index in [0.717, 1.165) is 18.4 Å². The number of rotatable bonds is 10. The van der Waals surface area contributed by atoms with Crippen molar-refractivity contribution in [2.75, 3.05) is 6.61 Å². The highest BCUT2D eigenvalue weighted by molar-refractivity contribution is 6.05. The second-order valence-corrected chi connectivity index (χ2v) is 6.92. The van der Waals surface area contributed by atoms with Crippen molar-refractivity contribution in [3.8, 4) is 5.75 Å². The zero-order chi connectivity index (χ0) is 21.9. The predicted molar refractivity (Wildman–Crippen MR) is 119 cm³/mol. The van der Waals surface area contributed by atoms with Gasteiger partial charge >= 0.3 is 0 Å². The molecule has 6 nitrogen and oxygen atoms in total. The van der Waals surface area contributed by atoms with E-state index in [2.05, 4.69) is 17.6 Å². The van der Waals surface area contributed by atoms with Crippen molar-refractivity contribution >= 4 is 17.9 Å². The van der Waals surface area contributed by atoms with Crippen molar-refractivity contribution in [1.29, 1.82) is 0 Å². The molecule has 0 unspecified atom stereocenters. The summed E-state index contributed by atoms with van der Waals surface area (Å²) >= 11 is 0. The van der Waals surface area contributed by atoms with Crippen LogP contribution in [-0.2, 0) is 11.3 Å². The number of hydrogen-bond acceptors (Lipinski definition) is 4. The molecule has 0 spiro atoms. The molecule has 0 radical (unpaired) electrons. The van der Waals surface area contributed by atoms with Crippen molar-refractivity contribution in [1.82, 2.24) is 10.6 Å². The van der Waals surface area contributed by atoms with Crippen molar-refractivity contribution in [3.63, 3.8) is 0 Å². The van der Waals surface area contributed by atoms with E-state index in [0.29, 0.717) is 30.2 Å². The molecule has 0 bridgehead atoms. The number of furan rings is 1. The summed E-state index contributed by atoms with van der Waals surface area (Å²) in [5.74, 6) is 0.364. The molecule has 0 saturated carbocycles. The number of benzene rings is 2. The van der Waals surface area contributed by atoms with E-state index in [1.54, 1.807) is 36.4 Å². The summed E-state index contributed by atoms with van der Waals surface area (Å²) < 4.78 is 10.9. The molecule has 2 amide bonds. The van der Waals surface area contributed by atoms with Crippen LogP contribution in [0.2, 0.25) is 0 Å². The van der Waals surface area contributed by atoms with Crippen LogP contribution >= 0.6 is 0 Å². The van der Waals surface area contributed by atoms with Crippen molar-refractivity contribution in [2.24, 2.45) is 0 Å². The lowest BCUT2D eigenvalue weighted by Gasteiger charge is -2.11. The van der Waals surface area contributed by atoms with E-state index in [1.165, 1.54) is 12.3 Å². The van der Waals surface area contributed by atoms with Crippen LogP contribution in [0.4, 0.5) is 0 Å². The fourth-order valence-electron chi connectivity index (χ4n) is 2.78. The van der Waals surface area contributed by atoms with Crippen LogP contribution in [0.1, 0.15) is 41.4 Å². The summed E-state index contributed by atoms with van der Waals surface area (Å²) in [5.41, 5.74) is 1.47. The van der Waals surface area contributed by atoms with E-state index >= 15 is 0 Å². The number of ether oxygens (including phenoxy) is 1. The van der Waals surface area contributed by atoms with Crippen LogP contribution in [0.5, 0.6) is 5.75 Å². The van der Waals surface area contributed by atoms with Crippen LogP contribution in [0.3, 0.4) is 0 Å². The summed E-state index contributed by atoms with van der Waals surface area (Å²) in [6, 6.07) is 19.8. The van der Waals surface area contributed by atoms with Crippen LogP contribution in [-0.4, -0.2) is 18.4 Å². The zero-order valence-corrected chi connectivity index (χ0v) is 17.5. The largest absolute Gasteiger partial charge is 0.494 e. The molecule has 0 fully saturated rings. The summed E-state index contributed by atoms with van der Waals surface area (Å²) in [4.78, 5) is 25.5. The summed E-state index contributed by atoms with van der Waals surface area (Å²) in [7, 11) is 0. The molecule has 3 aromatic rings. The third kappa shape index (κ3) is 6.89. The van der Waals surface area contributed by atoms with E-state index < -0.39 is 11.8 Å². The number of amides is 2. The molecule has 0 saturated heterocycles. The van der Waals surface area contributed by atoms with Crippen LogP contribution in [0.25, 0.3) is 6.08 Å². The van der Waals surface area contributed by atoms with E-state index in [-0.39, 0.29) is 5.70 Å². The quantitative estimate of drug-likeness (QED) is 0.374. The molecule has 2 N–H and O–H groups in total. The van der Waals surface area contributed by atoms with E-state index in [9.17, 15) is 9.59 Å². The Bertz CT molecular complexity index is 994. The summed E-state index contributed by atoms with van der Waals surface area (Å²) in [5, 5.41) is 5.51. The first-order chi connectivity index (χ1) is 15.2. The molecule has 160 valence electrons. The molecule has 3 rings (SSSR count). The Labute approximate surface area is 181 Å². The number of nitrogens with one attached hydrogen (secondary N) is 2. The lowest BCUT2D eigenvalue weighted by molar-refractivity contribution is -0.117. The second kappa shape index (κ2) is 11.4. The summed E-state index contributed by atoms with van der Waals surface area (Å²) in [6.45, 7) is 3.08. The third-order valence-electron chi connectivity index (χ3n) is 4.50. The summed E-state index contributed by atoms with van der Waals surface area (Å²) in [6.07, 6.45) is 5.03. The van der Waals surface area contributed by atoms with Gasteiger partial charge < -0.3 is 19.8 Å². The molecule has 0 aliphatic heterocycles. The maximum Gasteiger partial charge on any atom is 0.268 e. The highest BCUT2D eigenvalue weighted by Gasteiger charge is 2.15. The van der Waals surface area contributed by atoms with Crippen molar-refractivity contribution in [2.45, 2.75) is 26.3 Å². The highest BCUT2D eigenvalue weighted by Crippen LogP contribution is 2.14. The van der Waals surface area contributed by atoms with Crippen LogP contribution in [0, 0.1) is 0 Å². The van der Waals surface area contributed by atoms with Gasteiger partial charge in [0.05, 0.1) is 12.9 Å². The second-order valence-electron chi connectivity index (χ2n) is 6.92. The number of unbranched alkanes of at least 4 members (excludes halogenated alkanes) is 1. The lowest BCUT2D eigenvalue weighted by Crippen LogP contribution is -2.34. The Kier molecular flexibility index (Phi) is 8.05.